The molecule has 1 aliphatic heterocycles. The van der Waals surface area contributed by atoms with E-state index < -0.39 is 15.8 Å². The highest BCUT2D eigenvalue weighted by atomic mass is 32.2. The number of nitrogens with zero attached hydrogens (tertiary/aromatic N) is 2. The SMILES string of the molecule is CCC[C@H](C)NC(=O)N1CCN(S(=O)(=O)c2ccc(F)cc2)CC1. The summed E-state index contributed by atoms with van der Waals surface area (Å²) in [4.78, 5) is 13.8. The van der Waals surface area contributed by atoms with E-state index in [1.54, 1.807) is 4.90 Å². The Morgan fingerprint density at radius 3 is 2.33 bits per heavy atom. The van der Waals surface area contributed by atoms with Crippen molar-refractivity contribution in [2.75, 3.05) is 26.2 Å². The maximum atomic E-state index is 13.0. The fourth-order valence-corrected chi connectivity index (χ4v) is 4.12. The lowest BCUT2D eigenvalue weighted by Gasteiger charge is -2.34. The molecule has 24 heavy (non-hydrogen) atoms. The summed E-state index contributed by atoms with van der Waals surface area (Å²) in [5, 5.41) is 2.92. The molecule has 2 amide bonds. The van der Waals surface area contributed by atoms with Crippen molar-refractivity contribution in [3.63, 3.8) is 0 Å². The average Bonchev–Trinajstić information content (AvgIpc) is 2.55. The number of amides is 2. The zero-order chi connectivity index (χ0) is 17.7. The third kappa shape index (κ3) is 4.45. The van der Waals surface area contributed by atoms with Crippen LogP contribution in [0, 0.1) is 5.82 Å². The number of urea groups is 1. The summed E-state index contributed by atoms with van der Waals surface area (Å²) < 4.78 is 39.3. The zero-order valence-corrected chi connectivity index (χ0v) is 14.9. The van der Waals surface area contributed by atoms with Crippen molar-refractivity contribution in [3.05, 3.63) is 30.1 Å². The Morgan fingerprint density at radius 1 is 1.21 bits per heavy atom. The third-order valence-electron chi connectivity index (χ3n) is 4.07. The van der Waals surface area contributed by atoms with E-state index in [-0.39, 0.29) is 30.1 Å². The van der Waals surface area contributed by atoms with Gasteiger partial charge in [-0.05, 0) is 37.6 Å². The number of carbonyl (C=O) groups excluding carboxylic acids is 1. The first-order chi connectivity index (χ1) is 11.3. The van der Waals surface area contributed by atoms with Crippen LogP contribution in [-0.2, 0) is 10.0 Å². The number of halogens is 1. The van der Waals surface area contributed by atoms with Gasteiger partial charge in [-0.25, -0.2) is 17.6 Å². The molecule has 1 aromatic carbocycles. The number of piperazine rings is 1. The Hall–Kier alpha value is -1.67. The van der Waals surface area contributed by atoms with Crippen molar-refractivity contribution in [1.82, 2.24) is 14.5 Å². The number of hydrogen-bond donors (Lipinski definition) is 1. The standard InChI is InChI=1S/C16H24FN3O3S/c1-3-4-13(2)18-16(21)19-9-11-20(12-10-19)24(22,23)15-7-5-14(17)6-8-15/h5-8,13H,3-4,9-12H2,1-2H3,(H,18,21)/t13-/m0/s1. The monoisotopic (exact) mass is 357 g/mol. The number of carbonyl (C=O) groups is 1. The van der Waals surface area contributed by atoms with Gasteiger partial charge in [0.05, 0.1) is 4.90 Å². The number of benzene rings is 1. The number of sulfonamides is 1. The van der Waals surface area contributed by atoms with Crippen molar-refractivity contribution >= 4 is 16.1 Å². The van der Waals surface area contributed by atoms with Gasteiger partial charge in [-0.2, -0.15) is 4.31 Å². The highest BCUT2D eigenvalue weighted by molar-refractivity contribution is 7.89. The van der Waals surface area contributed by atoms with Gasteiger partial charge < -0.3 is 10.2 Å². The van der Waals surface area contributed by atoms with Crippen molar-refractivity contribution in [2.24, 2.45) is 0 Å². The van der Waals surface area contributed by atoms with Crippen molar-refractivity contribution in [1.29, 1.82) is 0 Å². The first-order valence-corrected chi connectivity index (χ1v) is 9.59. The van der Waals surface area contributed by atoms with Crippen LogP contribution in [-0.4, -0.2) is 55.9 Å². The Morgan fingerprint density at radius 2 is 1.79 bits per heavy atom. The predicted octanol–water partition coefficient (Wildman–Crippen LogP) is 2.03. The van der Waals surface area contributed by atoms with Crippen molar-refractivity contribution in [3.8, 4) is 0 Å². The van der Waals surface area contributed by atoms with Gasteiger partial charge in [0.2, 0.25) is 10.0 Å². The third-order valence-corrected chi connectivity index (χ3v) is 5.98. The van der Waals surface area contributed by atoms with E-state index in [0.717, 1.165) is 25.0 Å². The minimum atomic E-state index is -3.65. The summed E-state index contributed by atoms with van der Waals surface area (Å²) in [7, 11) is -3.65. The highest BCUT2D eigenvalue weighted by Crippen LogP contribution is 2.18. The van der Waals surface area contributed by atoms with Crippen LogP contribution in [0.3, 0.4) is 0 Å². The van der Waals surface area contributed by atoms with Gasteiger partial charge in [0, 0.05) is 32.2 Å². The van der Waals surface area contributed by atoms with Gasteiger partial charge in [0.1, 0.15) is 5.82 Å². The van der Waals surface area contributed by atoms with Crippen molar-refractivity contribution in [2.45, 2.75) is 37.6 Å². The summed E-state index contributed by atoms with van der Waals surface area (Å²) in [5.74, 6) is -0.475. The van der Waals surface area contributed by atoms with Gasteiger partial charge >= 0.3 is 6.03 Å². The Balaban J connectivity index is 1.94. The Kier molecular flexibility index (Phi) is 6.17. The molecule has 134 valence electrons. The van der Waals surface area contributed by atoms with E-state index in [0.29, 0.717) is 13.1 Å². The van der Waals surface area contributed by atoms with E-state index in [9.17, 15) is 17.6 Å². The van der Waals surface area contributed by atoms with Gasteiger partial charge in [-0.15, -0.1) is 0 Å². The molecule has 0 saturated carbocycles. The van der Waals surface area contributed by atoms with Crippen LogP contribution in [0.4, 0.5) is 9.18 Å². The number of hydrogen-bond acceptors (Lipinski definition) is 3. The maximum absolute atomic E-state index is 13.0. The molecule has 1 saturated heterocycles. The molecule has 1 aromatic rings. The first kappa shape index (κ1) is 18.7. The molecular formula is C16H24FN3O3S. The normalized spacial score (nSPS) is 17.5. The van der Waals surface area contributed by atoms with Crippen LogP contribution >= 0.6 is 0 Å². The smallest absolute Gasteiger partial charge is 0.317 e. The average molecular weight is 357 g/mol. The van der Waals surface area contributed by atoms with Gasteiger partial charge in [-0.1, -0.05) is 13.3 Å². The molecule has 1 fully saturated rings. The molecule has 8 heteroatoms. The first-order valence-electron chi connectivity index (χ1n) is 8.15. The van der Waals surface area contributed by atoms with Crippen LogP contribution in [0.25, 0.3) is 0 Å². The molecule has 0 radical (unpaired) electrons. The summed E-state index contributed by atoms with van der Waals surface area (Å²) in [6.45, 7) is 5.15. The predicted molar refractivity (Wildman–Crippen MR) is 89.6 cm³/mol. The Labute approximate surface area is 142 Å². The fraction of sp³-hybridized carbons (Fsp3) is 0.562. The lowest BCUT2D eigenvalue weighted by molar-refractivity contribution is 0.169. The molecule has 0 aliphatic carbocycles. The molecule has 1 heterocycles. The fourth-order valence-electron chi connectivity index (χ4n) is 2.69. The van der Waals surface area contributed by atoms with Crippen LogP contribution in [0.1, 0.15) is 26.7 Å². The van der Waals surface area contributed by atoms with Gasteiger partial charge in [0.15, 0.2) is 0 Å². The molecule has 0 bridgehead atoms. The molecule has 1 N–H and O–H groups in total. The Bertz CT molecular complexity index is 656. The largest absolute Gasteiger partial charge is 0.336 e. The van der Waals surface area contributed by atoms with Crippen LogP contribution in [0.2, 0.25) is 0 Å². The summed E-state index contributed by atoms with van der Waals surface area (Å²) in [6, 6.07) is 4.72. The molecule has 0 aromatic heterocycles. The highest BCUT2D eigenvalue weighted by Gasteiger charge is 2.30. The van der Waals surface area contributed by atoms with Crippen LogP contribution < -0.4 is 5.32 Å². The molecule has 1 atom stereocenters. The second-order valence-corrected chi connectivity index (χ2v) is 7.92. The van der Waals surface area contributed by atoms with E-state index in [2.05, 4.69) is 12.2 Å². The van der Waals surface area contributed by atoms with Gasteiger partial charge in [-0.3, -0.25) is 0 Å². The van der Waals surface area contributed by atoms with E-state index >= 15 is 0 Å². The molecule has 2 rings (SSSR count). The zero-order valence-electron chi connectivity index (χ0n) is 14.0. The minimum Gasteiger partial charge on any atom is -0.336 e. The lowest BCUT2D eigenvalue weighted by atomic mass is 10.2. The summed E-state index contributed by atoms with van der Waals surface area (Å²) in [5.41, 5.74) is 0. The maximum Gasteiger partial charge on any atom is 0.317 e. The molecule has 6 nitrogen and oxygen atoms in total. The van der Waals surface area contributed by atoms with E-state index in [1.807, 2.05) is 6.92 Å². The summed E-state index contributed by atoms with van der Waals surface area (Å²) in [6.07, 6.45) is 1.90. The number of nitrogens with one attached hydrogen (secondary N) is 1. The lowest BCUT2D eigenvalue weighted by Crippen LogP contribution is -2.54. The summed E-state index contributed by atoms with van der Waals surface area (Å²) >= 11 is 0. The molecule has 1 aliphatic rings. The second-order valence-electron chi connectivity index (χ2n) is 5.98. The van der Waals surface area contributed by atoms with E-state index in [1.165, 1.54) is 16.4 Å². The number of rotatable bonds is 5. The molecular weight excluding hydrogens is 333 g/mol. The van der Waals surface area contributed by atoms with Gasteiger partial charge in [0.25, 0.3) is 0 Å². The molecule has 0 spiro atoms. The van der Waals surface area contributed by atoms with Crippen LogP contribution in [0.15, 0.2) is 29.2 Å². The van der Waals surface area contributed by atoms with E-state index in [4.69, 9.17) is 0 Å². The minimum absolute atomic E-state index is 0.0679. The van der Waals surface area contributed by atoms with Crippen LogP contribution in [0.5, 0.6) is 0 Å². The second kappa shape index (κ2) is 7.94. The quantitative estimate of drug-likeness (QED) is 0.877. The van der Waals surface area contributed by atoms with Crippen molar-refractivity contribution < 1.29 is 17.6 Å². The molecule has 0 unspecified atom stereocenters. The topological polar surface area (TPSA) is 69.7 Å².